The zero-order valence-electron chi connectivity index (χ0n) is 19.8. The Morgan fingerprint density at radius 1 is 0.605 bits per heavy atom. The topological polar surface area (TPSA) is 160 Å². The highest BCUT2D eigenvalue weighted by atomic mass is 16.5. The molecule has 0 bridgehead atoms. The fraction of sp³-hybridized carbons (Fsp3) is 0.172. The Morgan fingerprint density at radius 2 is 1.29 bits per heavy atom. The Bertz CT molecular complexity index is 1530. The third-order valence-electron chi connectivity index (χ3n) is 7.06. The van der Waals surface area contributed by atoms with E-state index in [1.807, 2.05) is 0 Å². The number of ether oxygens (including phenoxy) is 2. The predicted molar refractivity (Wildman–Crippen MR) is 134 cm³/mol. The lowest BCUT2D eigenvalue weighted by molar-refractivity contribution is 0.0194. The molecule has 9 heteroatoms. The predicted octanol–water partition coefficient (Wildman–Crippen LogP) is 4.22. The van der Waals surface area contributed by atoms with Gasteiger partial charge in [0.15, 0.2) is 0 Å². The molecule has 38 heavy (non-hydrogen) atoms. The van der Waals surface area contributed by atoms with Crippen molar-refractivity contribution in [2.24, 2.45) is 0 Å². The average molecular weight is 517 g/mol. The molecule has 9 nitrogen and oxygen atoms in total. The molecule has 4 atom stereocenters. The van der Waals surface area contributed by atoms with Gasteiger partial charge in [0.2, 0.25) is 0 Å². The first-order valence-corrected chi connectivity index (χ1v) is 11.9. The summed E-state index contributed by atoms with van der Waals surface area (Å²) in [5.74, 6) is -1.10. The van der Waals surface area contributed by atoms with Crippen molar-refractivity contribution >= 4 is 0 Å². The largest absolute Gasteiger partial charge is 0.508 e. The van der Waals surface area contributed by atoms with E-state index in [2.05, 4.69) is 0 Å². The van der Waals surface area contributed by atoms with Crippen LogP contribution in [0.2, 0.25) is 0 Å². The van der Waals surface area contributed by atoms with Crippen LogP contribution in [-0.4, -0.2) is 41.8 Å². The molecule has 7 N–H and O–H groups in total. The molecule has 2 aliphatic heterocycles. The zero-order valence-corrected chi connectivity index (χ0v) is 19.8. The lowest BCUT2D eigenvalue weighted by Gasteiger charge is -2.32. The lowest BCUT2D eigenvalue weighted by Crippen LogP contribution is -2.30. The number of phenols is 6. The van der Waals surface area contributed by atoms with Gasteiger partial charge in [-0.05, 0) is 47.5 Å². The second-order valence-electron chi connectivity index (χ2n) is 9.56. The summed E-state index contributed by atoms with van der Waals surface area (Å²) in [6.07, 6.45) is -2.53. The summed E-state index contributed by atoms with van der Waals surface area (Å²) in [6.45, 7) is 0. The maximum atomic E-state index is 11.2. The van der Waals surface area contributed by atoms with Crippen molar-refractivity contribution in [1.82, 2.24) is 0 Å². The van der Waals surface area contributed by atoms with Gasteiger partial charge in [-0.1, -0.05) is 12.1 Å². The summed E-state index contributed by atoms with van der Waals surface area (Å²) in [5, 5.41) is 72.7. The Morgan fingerprint density at radius 3 is 1.97 bits per heavy atom. The molecular weight excluding hydrogens is 492 g/mol. The molecule has 0 spiro atoms. The van der Waals surface area contributed by atoms with Crippen molar-refractivity contribution in [3.05, 3.63) is 94.5 Å². The highest BCUT2D eigenvalue weighted by Crippen LogP contribution is 2.59. The van der Waals surface area contributed by atoms with Gasteiger partial charge < -0.3 is 45.2 Å². The van der Waals surface area contributed by atoms with Gasteiger partial charge in [0.05, 0.1) is 12.0 Å². The summed E-state index contributed by atoms with van der Waals surface area (Å²) in [4.78, 5) is 0. The summed E-state index contributed by atoms with van der Waals surface area (Å²) in [6, 6.07) is 15.8. The number of phenolic OH excluding ortho intramolecular Hbond substituents is 6. The van der Waals surface area contributed by atoms with Crippen LogP contribution in [-0.2, 0) is 6.42 Å². The maximum Gasteiger partial charge on any atom is 0.150 e. The van der Waals surface area contributed by atoms with Gasteiger partial charge in [0.1, 0.15) is 58.2 Å². The molecule has 0 fully saturated rings. The zero-order chi connectivity index (χ0) is 26.7. The molecule has 4 aromatic carbocycles. The second kappa shape index (κ2) is 8.67. The molecule has 0 saturated heterocycles. The van der Waals surface area contributed by atoms with E-state index in [0.29, 0.717) is 33.6 Å². The van der Waals surface area contributed by atoms with E-state index in [1.165, 1.54) is 54.6 Å². The van der Waals surface area contributed by atoms with Gasteiger partial charge in [-0.25, -0.2) is 0 Å². The first-order valence-electron chi connectivity index (χ1n) is 11.9. The number of benzene rings is 4. The van der Waals surface area contributed by atoms with Crippen molar-refractivity contribution in [2.45, 2.75) is 30.7 Å². The van der Waals surface area contributed by atoms with Gasteiger partial charge in [-0.3, -0.25) is 0 Å². The van der Waals surface area contributed by atoms with Crippen LogP contribution in [0.1, 0.15) is 45.9 Å². The Balaban J connectivity index is 1.50. The van der Waals surface area contributed by atoms with Crippen molar-refractivity contribution < 1.29 is 45.2 Å². The molecular formula is C29H24O9. The minimum atomic E-state index is -0.978. The van der Waals surface area contributed by atoms with Crippen LogP contribution in [0.4, 0.5) is 0 Å². The SMILES string of the molecule is Oc1ccc([C@H]2Oc3cc(O)c4c(c3C[C@@H]2O)O[C@@H](c2ccc(O)cc2O)[C@@H]4c2cc(O)cc(O)c2)cc1. The summed E-state index contributed by atoms with van der Waals surface area (Å²) < 4.78 is 12.5. The fourth-order valence-electron chi connectivity index (χ4n) is 5.40. The number of aromatic hydroxyl groups is 6. The van der Waals surface area contributed by atoms with Crippen LogP contribution in [0.3, 0.4) is 0 Å². The number of aliphatic hydroxyl groups is 1. The van der Waals surface area contributed by atoms with Gasteiger partial charge >= 0.3 is 0 Å². The maximum absolute atomic E-state index is 11.2. The Hall–Kier alpha value is -4.76. The molecule has 0 radical (unpaired) electrons. The van der Waals surface area contributed by atoms with Crippen LogP contribution in [0.15, 0.2) is 66.7 Å². The first kappa shape index (κ1) is 23.6. The van der Waals surface area contributed by atoms with Crippen LogP contribution in [0.5, 0.6) is 46.0 Å². The normalized spacial score (nSPS) is 21.7. The van der Waals surface area contributed by atoms with E-state index in [0.717, 1.165) is 0 Å². The molecule has 0 saturated carbocycles. The monoisotopic (exact) mass is 516 g/mol. The fourth-order valence-corrected chi connectivity index (χ4v) is 5.40. The van der Waals surface area contributed by atoms with Crippen molar-refractivity contribution in [1.29, 1.82) is 0 Å². The van der Waals surface area contributed by atoms with E-state index in [4.69, 9.17) is 9.47 Å². The molecule has 194 valence electrons. The summed E-state index contributed by atoms with van der Waals surface area (Å²) in [5.41, 5.74) is 2.20. The van der Waals surface area contributed by atoms with E-state index < -0.39 is 24.2 Å². The smallest absolute Gasteiger partial charge is 0.150 e. The van der Waals surface area contributed by atoms with E-state index in [-0.39, 0.29) is 46.7 Å². The minimum absolute atomic E-state index is 0.0795. The number of aliphatic hydroxyl groups excluding tert-OH is 1. The van der Waals surface area contributed by atoms with E-state index in [1.54, 1.807) is 12.1 Å². The molecule has 4 aromatic rings. The Kier molecular flexibility index (Phi) is 5.39. The van der Waals surface area contributed by atoms with Crippen LogP contribution in [0, 0.1) is 0 Å². The average Bonchev–Trinajstić information content (AvgIpc) is 3.26. The highest BCUT2D eigenvalue weighted by Gasteiger charge is 2.45. The minimum Gasteiger partial charge on any atom is -0.508 e. The van der Waals surface area contributed by atoms with Gasteiger partial charge in [-0.2, -0.15) is 0 Å². The lowest BCUT2D eigenvalue weighted by atomic mass is 9.82. The molecule has 2 heterocycles. The second-order valence-corrected chi connectivity index (χ2v) is 9.56. The molecule has 6 rings (SSSR count). The van der Waals surface area contributed by atoms with E-state index >= 15 is 0 Å². The third-order valence-corrected chi connectivity index (χ3v) is 7.06. The Labute approximate surface area is 216 Å². The number of fused-ring (bicyclic) bond motifs is 3. The van der Waals surface area contributed by atoms with Gasteiger partial charge in [0, 0.05) is 41.3 Å². The molecule has 0 aliphatic carbocycles. The summed E-state index contributed by atoms with van der Waals surface area (Å²) >= 11 is 0. The molecule has 0 aromatic heterocycles. The van der Waals surface area contributed by atoms with Crippen LogP contribution in [0.25, 0.3) is 0 Å². The van der Waals surface area contributed by atoms with Crippen LogP contribution < -0.4 is 9.47 Å². The van der Waals surface area contributed by atoms with Crippen LogP contribution >= 0.6 is 0 Å². The first-order chi connectivity index (χ1) is 18.2. The van der Waals surface area contributed by atoms with Crippen molar-refractivity contribution in [2.75, 3.05) is 0 Å². The molecule has 2 aliphatic rings. The molecule has 0 amide bonds. The summed E-state index contributed by atoms with van der Waals surface area (Å²) in [7, 11) is 0. The standard InChI is InChI=1S/C29H24O9/c30-15-3-1-13(2-4-15)27-23(36)11-20-24(37-27)12-22(35)26-25(14-7-17(32)9-18(33)8-14)28(38-29(20)26)19-6-5-16(31)10-21(19)34/h1-10,12,23,25,27-28,30-36H,11H2/t23-,25+,27+,28-/m0/s1. The van der Waals surface area contributed by atoms with E-state index in [9.17, 15) is 35.7 Å². The van der Waals surface area contributed by atoms with Gasteiger partial charge in [0.25, 0.3) is 0 Å². The third kappa shape index (κ3) is 3.84. The van der Waals surface area contributed by atoms with Crippen molar-refractivity contribution in [3.8, 4) is 46.0 Å². The number of hydrogen-bond donors (Lipinski definition) is 7. The number of rotatable bonds is 3. The van der Waals surface area contributed by atoms with Gasteiger partial charge in [-0.15, -0.1) is 0 Å². The quantitative estimate of drug-likeness (QED) is 0.211. The number of hydrogen-bond acceptors (Lipinski definition) is 9. The highest BCUT2D eigenvalue weighted by molar-refractivity contribution is 5.65. The van der Waals surface area contributed by atoms with Crippen molar-refractivity contribution in [3.63, 3.8) is 0 Å². The molecule has 0 unspecified atom stereocenters.